The van der Waals surface area contributed by atoms with Gasteiger partial charge in [0.05, 0.1) is 17.9 Å². The van der Waals surface area contributed by atoms with Crippen LogP contribution in [-0.2, 0) is 14.6 Å². The van der Waals surface area contributed by atoms with E-state index in [0.717, 1.165) is 0 Å². The Bertz CT molecular complexity index is 303. The number of nitrogens with zero attached hydrogens (tertiary/aromatic N) is 1. The van der Waals surface area contributed by atoms with Crippen LogP contribution in [0, 0.1) is 0 Å². The standard InChI is InChI=1S/C7H13NO4S.ClH/c1-8-2-3-13(11,12)5-6(8)4-7(9)10;/h6H,2-5H2,1H3,(H,9,10);1H. The Morgan fingerprint density at radius 1 is 1.57 bits per heavy atom. The van der Waals surface area contributed by atoms with Gasteiger partial charge >= 0.3 is 5.97 Å². The zero-order valence-corrected chi connectivity index (χ0v) is 9.47. The fourth-order valence-electron chi connectivity index (χ4n) is 1.39. The highest BCUT2D eigenvalue weighted by atomic mass is 35.5. The lowest BCUT2D eigenvalue weighted by Gasteiger charge is -2.30. The Morgan fingerprint density at radius 2 is 2.14 bits per heavy atom. The predicted molar refractivity (Wildman–Crippen MR) is 54.6 cm³/mol. The van der Waals surface area contributed by atoms with Crippen molar-refractivity contribution < 1.29 is 18.3 Å². The topological polar surface area (TPSA) is 74.7 Å². The Balaban J connectivity index is 0.00000169. The first kappa shape index (κ1) is 13.7. The molecule has 0 aromatic rings. The molecular weight excluding hydrogens is 230 g/mol. The van der Waals surface area contributed by atoms with Gasteiger partial charge in [0.25, 0.3) is 0 Å². The fourth-order valence-corrected chi connectivity index (χ4v) is 3.08. The highest BCUT2D eigenvalue weighted by molar-refractivity contribution is 7.91. The van der Waals surface area contributed by atoms with E-state index in [4.69, 9.17) is 5.11 Å². The molecule has 7 heteroatoms. The highest BCUT2D eigenvalue weighted by Crippen LogP contribution is 2.12. The van der Waals surface area contributed by atoms with E-state index >= 15 is 0 Å². The summed E-state index contributed by atoms with van der Waals surface area (Å²) in [6, 6.07) is -0.365. The van der Waals surface area contributed by atoms with E-state index in [-0.39, 0.29) is 36.4 Å². The number of carboxylic acid groups (broad SMARTS) is 1. The molecule has 0 radical (unpaired) electrons. The van der Waals surface area contributed by atoms with Crippen LogP contribution in [0.5, 0.6) is 0 Å². The summed E-state index contributed by atoms with van der Waals surface area (Å²) in [6.45, 7) is 0.431. The summed E-state index contributed by atoms with van der Waals surface area (Å²) in [4.78, 5) is 12.2. The van der Waals surface area contributed by atoms with Gasteiger partial charge in [0.15, 0.2) is 9.84 Å². The van der Waals surface area contributed by atoms with Crippen molar-refractivity contribution in [3.8, 4) is 0 Å². The third-order valence-corrected chi connectivity index (χ3v) is 3.93. The number of carbonyl (C=O) groups is 1. The Kier molecular flexibility index (Phi) is 4.83. The maximum Gasteiger partial charge on any atom is 0.304 e. The summed E-state index contributed by atoms with van der Waals surface area (Å²) < 4.78 is 22.3. The summed E-state index contributed by atoms with van der Waals surface area (Å²) in [6.07, 6.45) is -0.101. The summed E-state index contributed by atoms with van der Waals surface area (Å²) in [7, 11) is -1.26. The molecule has 1 heterocycles. The molecule has 1 N–H and O–H groups in total. The number of rotatable bonds is 2. The summed E-state index contributed by atoms with van der Waals surface area (Å²) in [5.41, 5.74) is 0. The Morgan fingerprint density at radius 3 is 2.64 bits per heavy atom. The number of hydrogen-bond donors (Lipinski definition) is 1. The van der Waals surface area contributed by atoms with Crippen molar-refractivity contribution in [1.29, 1.82) is 0 Å². The van der Waals surface area contributed by atoms with Crippen LogP contribution in [0.15, 0.2) is 0 Å². The van der Waals surface area contributed by atoms with Crippen LogP contribution in [0.2, 0.25) is 0 Å². The van der Waals surface area contributed by atoms with Crippen LogP contribution >= 0.6 is 12.4 Å². The van der Waals surface area contributed by atoms with Crippen LogP contribution in [0.4, 0.5) is 0 Å². The average Bonchev–Trinajstić information content (AvgIpc) is 1.95. The van der Waals surface area contributed by atoms with Gasteiger partial charge in [0.1, 0.15) is 0 Å². The Hall–Kier alpha value is -0.330. The molecule has 0 aromatic heterocycles. The largest absolute Gasteiger partial charge is 0.481 e. The number of aliphatic carboxylic acids is 1. The number of carboxylic acids is 1. The van der Waals surface area contributed by atoms with E-state index in [1.807, 2.05) is 0 Å². The molecule has 1 aliphatic heterocycles. The summed E-state index contributed by atoms with van der Waals surface area (Å²) >= 11 is 0. The first-order valence-electron chi connectivity index (χ1n) is 4.03. The van der Waals surface area contributed by atoms with Crippen molar-refractivity contribution in [3.05, 3.63) is 0 Å². The van der Waals surface area contributed by atoms with Crippen molar-refractivity contribution in [2.45, 2.75) is 12.5 Å². The highest BCUT2D eigenvalue weighted by Gasteiger charge is 2.30. The molecule has 0 bridgehead atoms. The van der Waals surface area contributed by atoms with Crippen molar-refractivity contribution >= 4 is 28.2 Å². The fraction of sp³-hybridized carbons (Fsp3) is 0.857. The van der Waals surface area contributed by atoms with Gasteiger partial charge in [-0.1, -0.05) is 0 Å². The second-order valence-corrected chi connectivity index (χ2v) is 5.58. The van der Waals surface area contributed by atoms with E-state index in [9.17, 15) is 13.2 Å². The maximum absolute atomic E-state index is 11.2. The van der Waals surface area contributed by atoms with Gasteiger partial charge in [-0.05, 0) is 7.05 Å². The first-order valence-corrected chi connectivity index (χ1v) is 5.85. The van der Waals surface area contributed by atoms with Gasteiger partial charge in [-0.3, -0.25) is 4.79 Å². The number of sulfone groups is 1. The second kappa shape index (κ2) is 4.95. The Labute approximate surface area is 89.4 Å². The van der Waals surface area contributed by atoms with Gasteiger partial charge in [-0.2, -0.15) is 0 Å². The smallest absolute Gasteiger partial charge is 0.304 e. The first-order chi connectivity index (χ1) is 5.91. The van der Waals surface area contributed by atoms with Crippen LogP contribution in [-0.4, -0.2) is 55.5 Å². The molecular formula is C7H14ClNO4S. The molecule has 0 saturated carbocycles. The van der Waals surface area contributed by atoms with E-state index in [1.54, 1.807) is 11.9 Å². The summed E-state index contributed by atoms with van der Waals surface area (Å²) in [5, 5.41) is 8.53. The number of hydrogen-bond acceptors (Lipinski definition) is 4. The molecule has 1 rings (SSSR count). The maximum atomic E-state index is 11.2. The second-order valence-electron chi connectivity index (χ2n) is 3.35. The molecule has 1 fully saturated rings. The average molecular weight is 244 g/mol. The van der Waals surface area contributed by atoms with Crippen molar-refractivity contribution in [2.24, 2.45) is 0 Å². The molecule has 1 aliphatic rings. The number of halogens is 1. The van der Waals surface area contributed by atoms with Crippen molar-refractivity contribution in [1.82, 2.24) is 4.90 Å². The minimum Gasteiger partial charge on any atom is -0.481 e. The minimum absolute atomic E-state index is 0. The zero-order chi connectivity index (χ0) is 10.1. The lowest BCUT2D eigenvalue weighted by atomic mass is 10.2. The minimum atomic E-state index is -3.02. The third-order valence-electron chi connectivity index (χ3n) is 2.23. The van der Waals surface area contributed by atoms with E-state index < -0.39 is 15.8 Å². The van der Waals surface area contributed by atoms with Gasteiger partial charge < -0.3 is 10.0 Å². The molecule has 1 unspecified atom stereocenters. The summed E-state index contributed by atoms with van der Waals surface area (Å²) in [5.74, 6) is -0.843. The lowest BCUT2D eigenvalue weighted by molar-refractivity contribution is -0.138. The van der Waals surface area contributed by atoms with Gasteiger partial charge in [-0.15, -0.1) is 12.4 Å². The molecule has 0 aromatic carbocycles. The van der Waals surface area contributed by atoms with Crippen molar-refractivity contribution in [3.63, 3.8) is 0 Å². The lowest BCUT2D eigenvalue weighted by Crippen LogP contribution is -2.47. The van der Waals surface area contributed by atoms with Gasteiger partial charge in [0.2, 0.25) is 0 Å². The zero-order valence-electron chi connectivity index (χ0n) is 7.84. The third kappa shape index (κ3) is 3.81. The normalized spacial score (nSPS) is 26.5. The van der Waals surface area contributed by atoms with E-state index in [1.165, 1.54) is 0 Å². The SMILES string of the molecule is CN1CCS(=O)(=O)CC1CC(=O)O.Cl. The van der Waals surface area contributed by atoms with E-state index in [2.05, 4.69) is 0 Å². The predicted octanol–water partition coefficient (Wildman–Crippen LogP) is -0.388. The monoisotopic (exact) mass is 243 g/mol. The van der Waals surface area contributed by atoms with Gasteiger partial charge in [-0.25, -0.2) is 8.42 Å². The molecule has 5 nitrogen and oxygen atoms in total. The van der Waals surface area contributed by atoms with Crippen LogP contribution in [0.25, 0.3) is 0 Å². The van der Waals surface area contributed by atoms with Crippen LogP contribution in [0.1, 0.15) is 6.42 Å². The van der Waals surface area contributed by atoms with Gasteiger partial charge in [0, 0.05) is 12.6 Å². The quantitative estimate of drug-likeness (QED) is 0.715. The molecule has 1 saturated heterocycles. The van der Waals surface area contributed by atoms with Crippen molar-refractivity contribution in [2.75, 3.05) is 25.1 Å². The van der Waals surface area contributed by atoms with Crippen LogP contribution < -0.4 is 0 Å². The molecule has 84 valence electrons. The molecule has 0 spiro atoms. The molecule has 0 amide bonds. The molecule has 14 heavy (non-hydrogen) atoms. The van der Waals surface area contributed by atoms with E-state index in [0.29, 0.717) is 6.54 Å². The van der Waals surface area contributed by atoms with Crippen LogP contribution in [0.3, 0.4) is 0 Å². The molecule has 0 aliphatic carbocycles. The molecule has 1 atom stereocenters.